The molecule has 2 heteroatoms. The van der Waals surface area contributed by atoms with E-state index in [9.17, 15) is 0 Å². The van der Waals surface area contributed by atoms with Crippen LogP contribution < -0.4 is 0 Å². The van der Waals surface area contributed by atoms with Crippen LogP contribution in [-0.2, 0) is 13.1 Å². The minimum absolute atomic E-state index is 0. The van der Waals surface area contributed by atoms with E-state index in [-0.39, 0.29) is 12.4 Å². The van der Waals surface area contributed by atoms with Crippen LogP contribution in [0, 0.1) is 0 Å². The van der Waals surface area contributed by atoms with Gasteiger partial charge in [-0.25, -0.2) is 0 Å². The first-order chi connectivity index (χ1) is 8.38. The second kappa shape index (κ2) is 7.91. The van der Waals surface area contributed by atoms with E-state index in [0.717, 1.165) is 19.6 Å². The molecule has 0 atom stereocenters. The SMILES string of the molecule is CCN(Cc1ccccc1)Cc1ccccc1.Cl. The van der Waals surface area contributed by atoms with Crippen LogP contribution in [0.15, 0.2) is 60.7 Å². The van der Waals surface area contributed by atoms with Crippen molar-refractivity contribution < 1.29 is 0 Å². The van der Waals surface area contributed by atoms with Gasteiger partial charge in [0.2, 0.25) is 0 Å². The second-order valence-electron chi connectivity index (χ2n) is 4.27. The third kappa shape index (κ3) is 4.52. The van der Waals surface area contributed by atoms with Crippen LogP contribution >= 0.6 is 12.4 Å². The largest absolute Gasteiger partial charge is 0.295 e. The topological polar surface area (TPSA) is 3.24 Å². The number of benzene rings is 2. The Labute approximate surface area is 116 Å². The van der Waals surface area contributed by atoms with Crippen molar-refractivity contribution in [2.24, 2.45) is 0 Å². The fraction of sp³-hybridized carbons (Fsp3) is 0.250. The molecule has 0 radical (unpaired) electrons. The summed E-state index contributed by atoms with van der Waals surface area (Å²) in [5.74, 6) is 0. The molecule has 2 aromatic rings. The van der Waals surface area contributed by atoms with Gasteiger partial charge in [-0.3, -0.25) is 4.90 Å². The zero-order valence-electron chi connectivity index (χ0n) is 10.8. The van der Waals surface area contributed by atoms with Crippen molar-refractivity contribution >= 4 is 12.4 Å². The van der Waals surface area contributed by atoms with E-state index in [1.807, 2.05) is 0 Å². The Kier molecular flexibility index (Phi) is 6.48. The predicted molar refractivity (Wildman–Crippen MR) is 79.9 cm³/mol. The molecule has 0 aliphatic heterocycles. The molecular formula is C16H20ClN. The van der Waals surface area contributed by atoms with Gasteiger partial charge in [-0.05, 0) is 17.7 Å². The van der Waals surface area contributed by atoms with E-state index >= 15 is 0 Å². The Hall–Kier alpha value is -1.31. The molecule has 18 heavy (non-hydrogen) atoms. The molecule has 0 aliphatic carbocycles. The lowest BCUT2D eigenvalue weighted by molar-refractivity contribution is 0.271. The van der Waals surface area contributed by atoms with Gasteiger partial charge in [0.05, 0.1) is 0 Å². The number of rotatable bonds is 5. The fourth-order valence-corrected chi connectivity index (χ4v) is 1.96. The molecule has 2 aromatic carbocycles. The molecule has 96 valence electrons. The number of halogens is 1. The number of nitrogens with zero attached hydrogens (tertiary/aromatic N) is 1. The summed E-state index contributed by atoms with van der Waals surface area (Å²) in [7, 11) is 0. The molecule has 2 rings (SSSR count). The van der Waals surface area contributed by atoms with E-state index in [2.05, 4.69) is 72.5 Å². The van der Waals surface area contributed by atoms with Crippen molar-refractivity contribution in [2.45, 2.75) is 20.0 Å². The van der Waals surface area contributed by atoms with Crippen LogP contribution in [0.5, 0.6) is 0 Å². The monoisotopic (exact) mass is 261 g/mol. The minimum Gasteiger partial charge on any atom is -0.295 e. The average molecular weight is 262 g/mol. The van der Waals surface area contributed by atoms with Gasteiger partial charge in [0.15, 0.2) is 0 Å². The van der Waals surface area contributed by atoms with Gasteiger partial charge < -0.3 is 0 Å². The van der Waals surface area contributed by atoms with Gasteiger partial charge in [-0.15, -0.1) is 12.4 Å². The van der Waals surface area contributed by atoms with Crippen LogP contribution in [0.4, 0.5) is 0 Å². The summed E-state index contributed by atoms with van der Waals surface area (Å²) in [4.78, 5) is 2.45. The highest BCUT2D eigenvalue weighted by Crippen LogP contribution is 2.09. The molecule has 0 aliphatic rings. The molecule has 0 spiro atoms. The van der Waals surface area contributed by atoms with Gasteiger partial charge in [-0.1, -0.05) is 67.6 Å². The fourth-order valence-electron chi connectivity index (χ4n) is 1.96. The first-order valence-corrected chi connectivity index (χ1v) is 6.18. The van der Waals surface area contributed by atoms with E-state index in [0.29, 0.717) is 0 Å². The molecule has 0 aromatic heterocycles. The van der Waals surface area contributed by atoms with Crippen LogP contribution in [0.2, 0.25) is 0 Å². The maximum absolute atomic E-state index is 2.45. The summed E-state index contributed by atoms with van der Waals surface area (Å²) in [5.41, 5.74) is 2.76. The third-order valence-electron chi connectivity index (χ3n) is 2.95. The van der Waals surface area contributed by atoms with Gasteiger partial charge in [-0.2, -0.15) is 0 Å². The van der Waals surface area contributed by atoms with Crippen LogP contribution in [0.1, 0.15) is 18.1 Å². The maximum atomic E-state index is 2.45. The van der Waals surface area contributed by atoms with Gasteiger partial charge in [0, 0.05) is 13.1 Å². The highest BCUT2D eigenvalue weighted by atomic mass is 35.5. The summed E-state index contributed by atoms with van der Waals surface area (Å²) in [5, 5.41) is 0. The molecule has 0 saturated heterocycles. The van der Waals surface area contributed by atoms with Crippen LogP contribution in [-0.4, -0.2) is 11.4 Å². The summed E-state index contributed by atoms with van der Waals surface area (Å²) >= 11 is 0. The molecule has 0 bridgehead atoms. The Morgan fingerprint density at radius 1 is 0.722 bits per heavy atom. The summed E-state index contributed by atoms with van der Waals surface area (Å²) in [6, 6.07) is 21.3. The highest BCUT2D eigenvalue weighted by molar-refractivity contribution is 5.85. The Bertz CT molecular complexity index is 386. The van der Waals surface area contributed by atoms with Crippen molar-refractivity contribution in [3.8, 4) is 0 Å². The Balaban J connectivity index is 0.00000162. The summed E-state index contributed by atoms with van der Waals surface area (Å²) in [6.07, 6.45) is 0. The lowest BCUT2D eigenvalue weighted by atomic mass is 10.2. The predicted octanol–water partition coefficient (Wildman–Crippen LogP) is 4.13. The molecular weight excluding hydrogens is 242 g/mol. The quantitative estimate of drug-likeness (QED) is 0.782. The average Bonchev–Trinajstić information content (AvgIpc) is 2.40. The summed E-state index contributed by atoms with van der Waals surface area (Å²) < 4.78 is 0. The van der Waals surface area contributed by atoms with E-state index < -0.39 is 0 Å². The zero-order chi connectivity index (χ0) is 11.9. The first-order valence-electron chi connectivity index (χ1n) is 6.18. The highest BCUT2D eigenvalue weighted by Gasteiger charge is 2.03. The lowest BCUT2D eigenvalue weighted by Gasteiger charge is -2.20. The van der Waals surface area contributed by atoms with Crippen molar-refractivity contribution in [3.63, 3.8) is 0 Å². The van der Waals surface area contributed by atoms with Crippen LogP contribution in [0.25, 0.3) is 0 Å². The second-order valence-corrected chi connectivity index (χ2v) is 4.27. The molecule has 0 unspecified atom stereocenters. The minimum atomic E-state index is 0. The smallest absolute Gasteiger partial charge is 0.0237 e. The molecule has 0 saturated carbocycles. The maximum Gasteiger partial charge on any atom is 0.0237 e. The Morgan fingerprint density at radius 2 is 1.11 bits per heavy atom. The van der Waals surface area contributed by atoms with E-state index in [1.165, 1.54) is 11.1 Å². The van der Waals surface area contributed by atoms with E-state index in [1.54, 1.807) is 0 Å². The van der Waals surface area contributed by atoms with Crippen molar-refractivity contribution in [1.29, 1.82) is 0 Å². The molecule has 0 fully saturated rings. The molecule has 1 nitrogen and oxygen atoms in total. The molecule has 0 amide bonds. The third-order valence-corrected chi connectivity index (χ3v) is 2.95. The Morgan fingerprint density at radius 3 is 1.44 bits per heavy atom. The van der Waals surface area contributed by atoms with Crippen molar-refractivity contribution in [3.05, 3.63) is 71.8 Å². The molecule has 0 heterocycles. The molecule has 0 N–H and O–H groups in total. The number of hydrogen-bond donors (Lipinski definition) is 0. The van der Waals surface area contributed by atoms with Gasteiger partial charge >= 0.3 is 0 Å². The van der Waals surface area contributed by atoms with Gasteiger partial charge in [0.1, 0.15) is 0 Å². The number of hydrogen-bond acceptors (Lipinski definition) is 1. The lowest BCUT2D eigenvalue weighted by Crippen LogP contribution is -2.22. The van der Waals surface area contributed by atoms with Crippen LogP contribution in [0.3, 0.4) is 0 Å². The zero-order valence-corrected chi connectivity index (χ0v) is 11.6. The van der Waals surface area contributed by atoms with Gasteiger partial charge in [0.25, 0.3) is 0 Å². The van der Waals surface area contributed by atoms with Crippen molar-refractivity contribution in [2.75, 3.05) is 6.54 Å². The first kappa shape index (κ1) is 14.7. The summed E-state index contributed by atoms with van der Waals surface area (Å²) in [6.45, 7) is 5.33. The van der Waals surface area contributed by atoms with Crippen molar-refractivity contribution in [1.82, 2.24) is 4.90 Å². The standard InChI is InChI=1S/C16H19N.ClH/c1-2-17(13-15-9-5-3-6-10-15)14-16-11-7-4-8-12-16;/h3-12H,2,13-14H2,1H3;1H. The normalized spacial score (nSPS) is 10.1. The van der Waals surface area contributed by atoms with E-state index in [4.69, 9.17) is 0 Å².